The summed E-state index contributed by atoms with van der Waals surface area (Å²) < 4.78 is 0. The topological polar surface area (TPSA) is 42.0 Å². The Morgan fingerprint density at radius 3 is 3.00 bits per heavy atom. The lowest BCUT2D eigenvalue weighted by Gasteiger charge is -2.25. The molecule has 3 nitrogen and oxygen atoms in total. The molecule has 18 heavy (non-hydrogen) atoms. The minimum absolute atomic E-state index is 0.172. The average molecular weight is 238 g/mol. The first-order valence-electron chi connectivity index (χ1n) is 6.56. The van der Waals surface area contributed by atoms with E-state index in [-0.39, 0.29) is 5.78 Å². The van der Waals surface area contributed by atoms with E-state index in [1.165, 1.54) is 29.8 Å². The Hall–Kier alpha value is -1.90. The van der Waals surface area contributed by atoms with Crippen LogP contribution in [0.15, 0.2) is 18.2 Å². The summed E-state index contributed by atoms with van der Waals surface area (Å²) in [5.41, 5.74) is 5.53. The number of hydrogen-bond acceptors (Lipinski definition) is 3. The monoisotopic (exact) mass is 238 g/mol. The molecule has 2 aromatic rings. The normalized spacial score (nSPS) is 17.4. The van der Waals surface area contributed by atoms with Gasteiger partial charge in [0.2, 0.25) is 0 Å². The Morgan fingerprint density at radius 2 is 2.06 bits per heavy atom. The largest absolute Gasteiger partial charge is 0.377 e. The maximum atomic E-state index is 11.9. The van der Waals surface area contributed by atoms with Crippen LogP contribution in [0.2, 0.25) is 0 Å². The van der Waals surface area contributed by atoms with Crippen LogP contribution in [0.3, 0.4) is 0 Å². The number of Topliss-reactive ketones (excluding diaryl/α,β-unsaturated/α-hetero) is 1. The molecule has 1 N–H and O–H groups in total. The molecule has 1 aliphatic heterocycles. The van der Waals surface area contributed by atoms with Gasteiger partial charge in [0.1, 0.15) is 0 Å². The van der Waals surface area contributed by atoms with Gasteiger partial charge in [0.15, 0.2) is 5.78 Å². The van der Waals surface area contributed by atoms with E-state index in [0.29, 0.717) is 6.54 Å². The first-order valence-corrected chi connectivity index (χ1v) is 6.56. The Kier molecular flexibility index (Phi) is 1.98. The zero-order valence-electron chi connectivity index (χ0n) is 10.1. The lowest BCUT2D eigenvalue weighted by Crippen LogP contribution is -2.22. The van der Waals surface area contributed by atoms with Crippen LogP contribution in [0.5, 0.6) is 0 Å². The quantitative estimate of drug-likeness (QED) is 0.767. The smallest absolute Gasteiger partial charge is 0.182 e. The predicted octanol–water partition coefficient (Wildman–Crippen LogP) is 2.72. The minimum atomic E-state index is 0.172. The van der Waals surface area contributed by atoms with Gasteiger partial charge in [-0.25, -0.2) is 0 Å². The first kappa shape index (κ1) is 10.1. The molecule has 0 spiro atoms. The summed E-state index contributed by atoms with van der Waals surface area (Å²) in [6, 6.07) is 5.87. The Bertz CT molecular complexity index is 676. The molecule has 0 amide bonds. The van der Waals surface area contributed by atoms with Crippen LogP contribution in [0.4, 0.5) is 5.69 Å². The van der Waals surface area contributed by atoms with E-state index < -0.39 is 0 Å². The Balaban J connectivity index is 2.15. The second-order valence-corrected chi connectivity index (χ2v) is 5.10. The van der Waals surface area contributed by atoms with Gasteiger partial charge in [-0.1, -0.05) is 12.1 Å². The molecule has 90 valence electrons. The van der Waals surface area contributed by atoms with E-state index in [0.717, 1.165) is 29.3 Å². The highest BCUT2D eigenvalue weighted by atomic mass is 16.1. The molecule has 0 unspecified atom stereocenters. The number of fused-ring (bicyclic) bond motifs is 2. The number of nitrogens with zero attached hydrogens (tertiary/aromatic N) is 1. The fraction of sp³-hybridized carbons (Fsp3) is 0.333. The molecule has 4 rings (SSSR count). The molecule has 0 saturated heterocycles. The highest BCUT2D eigenvalue weighted by Gasteiger charge is 2.24. The summed E-state index contributed by atoms with van der Waals surface area (Å²) in [5.74, 6) is 0.172. The van der Waals surface area contributed by atoms with Crippen molar-refractivity contribution in [2.45, 2.75) is 25.7 Å². The van der Waals surface area contributed by atoms with Crippen LogP contribution in [-0.2, 0) is 12.8 Å². The third-order valence-electron chi connectivity index (χ3n) is 4.01. The SMILES string of the molecule is O=C1CNc2c3c(nc4cccc1c24)CCCC3. The fourth-order valence-electron chi connectivity index (χ4n) is 3.17. The van der Waals surface area contributed by atoms with Crippen LogP contribution in [0.1, 0.15) is 34.5 Å². The van der Waals surface area contributed by atoms with Crippen molar-refractivity contribution in [2.24, 2.45) is 0 Å². The summed E-state index contributed by atoms with van der Waals surface area (Å²) in [7, 11) is 0. The van der Waals surface area contributed by atoms with E-state index in [1.807, 2.05) is 18.2 Å². The molecule has 0 saturated carbocycles. The number of aromatic nitrogens is 1. The molecule has 2 aliphatic rings. The second-order valence-electron chi connectivity index (χ2n) is 5.10. The molecule has 1 aromatic heterocycles. The number of hydrogen-bond donors (Lipinski definition) is 1. The summed E-state index contributed by atoms with van der Waals surface area (Å²) in [5, 5.41) is 4.35. The average Bonchev–Trinajstić information content (AvgIpc) is 2.42. The van der Waals surface area contributed by atoms with Crippen molar-refractivity contribution in [2.75, 3.05) is 11.9 Å². The summed E-state index contributed by atoms with van der Waals surface area (Å²) in [6.45, 7) is 0.419. The zero-order valence-corrected chi connectivity index (χ0v) is 10.1. The summed E-state index contributed by atoms with van der Waals surface area (Å²) in [4.78, 5) is 16.7. The molecule has 2 heterocycles. The second kappa shape index (κ2) is 3.55. The molecule has 0 bridgehead atoms. The van der Waals surface area contributed by atoms with Gasteiger partial charge < -0.3 is 5.32 Å². The fourth-order valence-corrected chi connectivity index (χ4v) is 3.17. The number of carbonyl (C=O) groups excluding carboxylic acids is 1. The van der Waals surface area contributed by atoms with Crippen molar-refractivity contribution in [3.05, 3.63) is 35.0 Å². The number of nitrogens with one attached hydrogen (secondary N) is 1. The number of pyridine rings is 1. The van der Waals surface area contributed by atoms with E-state index >= 15 is 0 Å². The van der Waals surface area contributed by atoms with Crippen LogP contribution >= 0.6 is 0 Å². The van der Waals surface area contributed by atoms with Gasteiger partial charge >= 0.3 is 0 Å². The highest BCUT2D eigenvalue weighted by Crippen LogP contribution is 2.37. The van der Waals surface area contributed by atoms with E-state index in [4.69, 9.17) is 4.98 Å². The maximum absolute atomic E-state index is 11.9. The number of ketones is 1. The minimum Gasteiger partial charge on any atom is -0.377 e. The Morgan fingerprint density at radius 1 is 1.17 bits per heavy atom. The number of benzene rings is 1. The lowest BCUT2D eigenvalue weighted by atomic mass is 9.89. The van der Waals surface area contributed by atoms with Gasteiger partial charge in [-0.3, -0.25) is 9.78 Å². The Labute approximate surface area is 105 Å². The number of rotatable bonds is 0. The van der Waals surface area contributed by atoms with Gasteiger partial charge in [0.25, 0.3) is 0 Å². The van der Waals surface area contributed by atoms with Crippen molar-refractivity contribution < 1.29 is 4.79 Å². The molecular formula is C15H14N2O. The molecule has 3 heteroatoms. The van der Waals surface area contributed by atoms with Crippen LogP contribution in [0, 0.1) is 0 Å². The molecular weight excluding hydrogens is 224 g/mol. The number of anilines is 1. The molecule has 0 fully saturated rings. The molecule has 1 aromatic carbocycles. The van der Waals surface area contributed by atoms with Crippen LogP contribution < -0.4 is 5.32 Å². The van der Waals surface area contributed by atoms with Crippen molar-refractivity contribution in [3.8, 4) is 0 Å². The summed E-state index contributed by atoms with van der Waals surface area (Å²) in [6.07, 6.45) is 4.61. The zero-order chi connectivity index (χ0) is 12.1. The van der Waals surface area contributed by atoms with Crippen molar-refractivity contribution in [3.63, 3.8) is 0 Å². The molecule has 0 radical (unpaired) electrons. The van der Waals surface area contributed by atoms with E-state index in [9.17, 15) is 4.79 Å². The highest BCUT2D eigenvalue weighted by molar-refractivity contribution is 6.16. The van der Waals surface area contributed by atoms with Gasteiger partial charge in [0, 0.05) is 22.3 Å². The van der Waals surface area contributed by atoms with Gasteiger partial charge in [0.05, 0.1) is 12.1 Å². The first-order chi connectivity index (χ1) is 8.84. The standard InChI is InChI=1S/C15H14N2O/c18-13-8-16-15-9-4-1-2-6-11(9)17-12-7-3-5-10(13)14(12)15/h3,5,7,16H,1-2,4,6,8H2. The predicted molar refractivity (Wildman–Crippen MR) is 71.2 cm³/mol. The number of aryl methyl sites for hydroxylation is 1. The third kappa shape index (κ3) is 1.24. The molecule has 1 aliphatic carbocycles. The summed E-state index contributed by atoms with van der Waals surface area (Å²) >= 11 is 0. The van der Waals surface area contributed by atoms with E-state index in [1.54, 1.807) is 0 Å². The van der Waals surface area contributed by atoms with Crippen LogP contribution in [-0.4, -0.2) is 17.3 Å². The third-order valence-corrected chi connectivity index (χ3v) is 4.01. The van der Waals surface area contributed by atoms with Gasteiger partial charge in [-0.05, 0) is 37.3 Å². The lowest BCUT2D eigenvalue weighted by molar-refractivity contribution is 0.101. The number of carbonyl (C=O) groups is 1. The van der Waals surface area contributed by atoms with Crippen molar-refractivity contribution in [1.29, 1.82) is 0 Å². The van der Waals surface area contributed by atoms with Crippen LogP contribution in [0.25, 0.3) is 10.9 Å². The van der Waals surface area contributed by atoms with Gasteiger partial charge in [-0.2, -0.15) is 0 Å². The van der Waals surface area contributed by atoms with E-state index in [2.05, 4.69) is 5.32 Å². The van der Waals surface area contributed by atoms with Crippen molar-refractivity contribution >= 4 is 22.4 Å². The van der Waals surface area contributed by atoms with Crippen molar-refractivity contribution in [1.82, 2.24) is 4.98 Å². The van der Waals surface area contributed by atoms with Gasteiger partial charge in [-0.15, -0.1) is 0 Å². The maximum Gasteiger partial charge on any atom is 0.182 e. The molecule has 0 atom stereocenters.